The molecule has 0 atom stereocenters. The van der Waals surface area contributed by atoms with Gasteiger partial charge >= 0.3 is 0 Å². The number of unbranched alkanes of at least 4 members (excludes halogenated alkanes) is 4. The smallest absolute Gasteiger partial charge is 0.195 e. The lowest BCUT2D eigenvalue weighted by Crippen LogP contribution is -2.01. The lowest BCUT2D eigenvalue weighted by molar-refractivity contribution is 0.104. The Morgan fingerprint density at radius 2 is 1.71 bits per heavy atom. The zero-order valence-corrected chi connectivity index (χ0v) is 14.4. The highest BCUT2D eigenvalue weighted by atomic mass is 16.1. The van der Waals surface area contributed by atoms with Crippen LogP contribution in [0, 0.1) is 0 Å². The number of nitrogens with zero attached hydrogens (tertiary/aromatic N) is 1. The summed E-state index contributed by atoms with van der Waals surface area (Å²) >= 11 is 0. The van der Waals surface area contributed by atoms with Crippen molar-refractivity contribution < 1.29 is 4.79 Å². The van der Waals surface area contributed by atoms with E-state index in [0.717, 1.165) is 28.4 Å². The highest BCUT2D eigenvalue weighted by molar-refractivity contribution is 6.16. The summed E-state index contributed by atoms with van der Waals surface area (Å²) in [6.07, 6.45) is 10.3. The summed E-state index contributed by atoms with van der Waals surface area (Å²) in [4.78, 5) is 12.9. The Bertz CT molecular complexity index is 810. The van der Waals surface area contributed by atoms with E-state index in [-0.39, 0.29) is 5.78 Å². The first-order chi connectivity index (χ1) is 11.8. The van der Waals surface area contributed by atoms with Crippen molar-refractivity contribution in [2.45, 2.75) is 45.6 Å². The predicted molar refractivity (Wildman–Crippen MR) is 101 cm³/mol. The van der Waals surface area contributed by atoms with Gasteiger partial charge in [-0.05, 0) is 23.3 Å². The molecule has 0 amide bonds. The van der Waals surface area contributed by atoms with Crippen LogP contribution in [0.3, 0.4) is 0 Å². The summed E-state index contributed by atoms with van der Waals surface area (Å²) in [5, 5.41) is 2.14. The third-order valence-electron chi connectivity index (χ3n) is 4.57. The van der Waals surface area contributed by atoms with Gasteiger partial charge in [-0.1, -0.05) is 75.1 Å². The summed E-state index contributed by atoms with van der Waals surface area (Å²) in [7, 11) is 0. The van der Waals surface area contributed by atoms with Crippen LogP contribution in [0.1, 0.15) is 54.9 Å². The molecule has 0 spiro atoms. The lowest BCUT2D eigenvalue weighted by atomic mass is 9.99. The van der Waals surface area contributed by atoms with Crippen LogP contribution in [0.4, 0.5) is 0 Å². The third kappa shape index (κ3) is 3.76. The Hall–Kier alpha value is -2.35. The minimum atomic E-state index is 0.108. The van der Waals surface area contributed by atoms with Gasteiger partial charge in [-0.3, -0.25) is 4.79 Å². The van der Waals surface area contributed by atoms with Crippen LogP contribution < -0.4 is 0 Å². The average Bonchev–Trinajstić information content (AvgIpc) is 3.09. The molecule has 3 rings (SSSR count). The van der Waals surface area contributed by atoms with Gasteiger partial charge in [0.2, 0.25) is 0 Å². The highest BCUT2D eigenvalue weighted by Crippen LogP contribution is 2.21. The summed E-state index contributed by atoms with van der Waals surface area (Å²) in [6.45, 7) is 3.23. The molecule has 0 saturated carbocycles. The van der Waals surface area contributed by atoms with E-state index in [0.29, 0.717) is 0 Å². The molecule has 0 radical (unpaired) electrons. The van der Waals surface area contributed by atoms with Crippen LogP contribution in [0.2, 0.25) is 0 Å². The number of aryl methyl sites for hydroxylation is 1. The number of fused-ring (bicyclic) bond motifs is 1. The summed E-state index contributed by atoms with van der Waals surface area (Å²) in [6, 6.07) is 15.9. The van der Waals surface area contributed by atoms with E-state index in [1.165, 1.54) is 32.1 Å². The standard InChI is InChI=1S/C22H25NO/c1-2-3-4-5-8-15-23-16-14-19(17-23)22(24)21-13-9-11-18-10-6-7-12-20(18)21/h6-7,9-14,16-17H,2-5,8,15H2,1H3. The molecule has 0 bridgehead atoms. The summed E-state index contributed by atoms with van der Waals surface area (Å²) < 4.78 is 2.14. The van der Waals surface area contributed by atoms with Crippen LogP contribution in [0.15, 0.2) is 60.9 Å². The molecule has 0 unspecified atom stereocenters. The SMILES string of the molecule is CCCCCCCn1ccc(C(=O)c2cccc3ccccc23)c1. The fraction of sp³-hybridized carbons (Fsp3) is 0.318. The zero-order valence-electron chi connectivity index (χ0n) is 14.4. The lowest BCUT2D eigenvalue weighted by Gasteiger charge is -2.05. The zero-order chi connectivity index (χ0) is 16.8. The quantitative estimate of drug-likeness (QED) is 0.377. The Kier molecular flexibility index (Phi) is 5.47. The van der Waals surface area contributed by atoms with Crippen molar-refractivity contribution in [1.29, 1.82) is 0 Å². The molecular weight excluding hydrogens is 294 g/mol. The van der Waals surface area contributed by atoms with Crippen LogP contribution in [-0.4, -0.2) is 10.4 Å². The summed E-state index contributed by atoms with van der Waals surface area (Å²) in [5.74, 6) is 0.108. The second kappa shape index (κ2) is 7.96. The molecule has 0 saturated heterocycles. The van der Waals surface area contributed by atoms with Crippen molar-refractivity contribution >= 4 is 16.6 Å². The van der Waals surface area contributed by atoms with Gasteiger partial charge in [-0.15, -0.1) is 0 Å². The maximum absolute atomic E-state index is 12.9. The third-order valence-corrected chi connectivity index (χ3v) is 4.57. The molecular formula is C22H25NO. The first-order valence-electron chi connectivity index (χ1n) is 8.98. The second-order valence-corrected chi connectivity index (χ2v) is 6.41. The fourth-order valence-electron chi connectivity index (χ4n) is 3.19. The first-order valence-corrected chi connectivity index (χ1v) is 8.98. The van der Waals surface area contributed by atoms with Gasteiger partial charge in [0.05, 0.1) is 0 Å². The molecule has 3 aromatic rings. The monoisotopic (exact) mass is 319 g/mol. The number of hydrogen-bond donors (Lipinski definition) is 0. The van der Waals surface area contributed by atoms with E-state index < -0.39 is 0 Å². The molecule has 0 aliphatic heterocycles. The number of aromatic nitrogens is 1. The molecule has 2 heteroatoms. The number of ketones is 1. The second-order valence-electron chi connectivity index (χ2n) is 6.41. The van der Waals surface area contributed by atoms with Crippen molar-refractivity contribution in [3.63, 3.8) is 0 Å². The van der Waals surface area contributed by atoms with Gasteiger partial charge in [0.15, 0.2) is 5.78 Å². The molecule has 0 fully saturated rings. The number of benzene rings is 2. The van der Waals surface area contributed by atoms with Gasteiger partial charge in [0.25, 0.3) is 0 Å². The minimum absolute atomic E-state index is 0.108. The van der Waals surface area contributed by atoms with E-state index in [1.54, 1.807) is 0 Å². The molecule has 124 valence electrons. The minimum Gasteiger partial charge on any atom is -0.353 e. The molecule has 1 heterocycles. The largest absolute Gasteiger partial charge is 0.353 e. The van der Waals surface area contributed by atoms with E-state index in [4.69, 9.17) is 0 Å². The van der Waals surface area contributed by atoms with E-state index in [2.05, 4.69) is 11.5 Å². The molecule has 0 N–H and O–H groups in total. The maximum atomic E-state index is 12.9. The van der Waals surface area contributed by atoms with Gasteiger partial charge in [-0.2, -0.15) is 0 Å². The Morgan fingerprint density at radius 1 is 0.917 bits per heavy atom. The molecule has 24 heavy (non-hydrogen) atoms. The van der Waals surface area contributed by atoms with Crippen LogP contribution in [0.25, 0.3) is 10.8 Å². The summed E-state index contributed by atoms with van der Waals surface area (Å²) in [5.41, 5.74) is 1.56. The van der Waals surface area contributed by atoms with Crippen LogP contribution in [-0.2, 0) is 6.54 Å². The molecule has 2 aromatic carbocycles. The van der Waals surface area contributed by atoms with Crippen LogP contribution >= 0.6 is 0 Å². The molecule has 2 nitrogen and oxygen atoms in total. The molecule has 0 aliphatic carbocycles. The fourth-order valence-corrected chi connectivity index (χ4v) is 3.19. The molecule has 0 aliphatic rings. The number of rotatable bonds is 8. The topological polar surface area (TPSA) is 22.0 Å². The normalized spacial score (nSPS) is 11.0. The van der Waals surface area contributed by atoms with E-state index in [1.807, 2.05) is 60.9 Å². The Labute approximate surface area is 144 Å². The van der Waals surface area contributed by atoms with Gasteiger partial charge in [0, 0.05) is 30.1 Å². The highest BCUT2D eigenvalue weighted by Gasteiger charge is 2.13. The van der Waals surface area contributed by atoms with E-state index in [9.17, 15) is 4.79 Å². The van der Waals surface area contributed by atoms with Crippen molar-refractivity contribution in [3.05, 3.63) is 72.1 Å². The number of hydrogen-bond acceptors (Lipinski definition) is 1. The maximum Gasteiger partial charge on any atom is 0.195 e. The van der Waals surface area contributed by atoms with Gasteiger partial charge in [0.1, 0.15) is 0 Å². The van der Waals surface area contributed by atoms with Crippen LogP contribution in [0.5, 0.6) is 0 Å². The van der Waals surface area contributed by atoms with Crippen molar-refractivity contribution in [3.8, 4) is 0 Å². The Balaban J connectivity index is 1.71. The predicted octanol–water partition coefficient (Wildman–Crippen LogP) is 5.84. The van der Waals surface area contributed by atoms with E-state index >= 15 is 0 Å². The number of carbonyl (C=O) groups excluding carboxylic acids is 1. The van der Waals surface area contributed by atoms with Crippen molar-refractivity contribution in [2.75, 3.05) is 0 Å². The Morgan fingerprint density at radius 3 is 2.58 bits per heavy atom. The van der Waals surface area contributed by atoms with Gasteiger partial charge in [-0.25, -0.2) is 0 Å². The van der Waals surface area contributed by atoms with Gasteiger partial charge < -0.3 is 4.57 Å². The number of carbonyl (C=O) groups is 1. The molecule has 1 aromatic heterocycles. The average molecular weight is 319 g/mol. The van der Waals surface area contributed by atoms with Crippen molar-refractivity contribution in [2.24, 2.45) is 0 Å². The first kappa shape index (κ1) is 16.5. The van der Waals surface area contributed by atoms with Crippen molar-refractivity contribution in [1.82, 2.24) is 4.57 Å².